The lowest BCUT2D eigenvalue weighted by molar-refractivity contribution is 0.262. The largest absolute Gasteiger partial charge is 0.346 e. The predicted molar refractivity (Wildman–Crippen MR) is 86.5 cm³/mol. The van der Waals surface area contributed by atoms with Gasteiger partial charge in [-0.25, -0.2) is 4.98 Å². The van der Waals surface area contributed by atoms with E-state index >= 15 is 0 Å². The first kappa shape index (κ1) is 16.7. The van der Waals surface area contributed by atoms with E-state index in [4.69, 9.17) is 5.26 Å². The van der Waals surface area contributed by atoms with Crippen LogP contribution in [0.2, 0.25) is 0 Å². The number of nitrogens with zero attached hydrogens (tertiary/aromatic N) is 6. The SMILES string of the molecule is CCc1nsc(N2CCCN(CC(C#N)CCC#N)CC2)n1. The molecule has 0 radical (unpaired) electrons. The molecule has 2 heterocycles. The Labute approximate surface area is 136 Å². The highest BCUT2D eigenvalue weighted by atomic mass is 32.1. The number of aryl methyl sites for hydroxylation is 1. The van der Waals surface area contributed by atoms with Gasteiger partial charge in [0.2, 0.25) is 5.13 Å². The van der Waals surface area contributed by atoms with E-state index in [9.17, 15) is 5.26 Å². The van der Waals surface area contributed by atoms with E-state index in [1.54, 1.807) is 0 Å². The fourth-order valence-corrected chi connectivity index (χ4v) is 3.41. The number of hydrogen-bond donors (Lipinski definition) is 0. The Hall–Kier alpha value is -1.70. The number of rotatable bonds is 6. The van der Waals surface area contributed by atoms with E-state index in [0.717, 1.165) is 56.5 Å². The molecule has 0 aliphatic carbocycles. The molecule has 0 bridgehead atoms. The first-order valence-electron chi connectivity index (χ1n) is 7.83. The molecule has 1 aromatic rings. The second-order valence-corrected chi connectivity index (χ2v) is 6.24. The quantitative estimate of drug-likeness (QED) is 0.798. The van der Waals surface area contributed by atoms with Crippen LogP contribution in [0.1, 0.15) is 32.0 Å². The molecule has 1 unspecified atom stereocenters. The third kappa shape index (κ3) is 4.66. The zero-order chi connectivity index (χ0) is 15.8. The highest BCUT2D eigenvalue weighted by Crippen LogP contribution is 2.20. The average molecular weight is 318 g/mol. The molecule has 22 heavy (non-hydrogen) atoms. The van der Waals surface area contributed by atoms with Gasteiger partial charge >= 0.3 is 0 Å². The summed E-state index contributed by atoms with van der Waals surface area (Å²) in [6.45, 7) is 6.69. The molecule has 1 aliphatic rings. The van der Waals surface area contributed by atoms with Crippen molar-refractivity contribution in [2.45, 2.75) is 32.6 Å². The van der Waals surface area contributed by atoms with Crippen molar-refractivity contribution in [3.63, 3.8) is 0 Å². The molecule has 118 valence electrons. The Bertz CT molecular complexity index is 543. The second-order valence-electron chi connectivity index (χ2n) is 5.51. The third-order valence-corrected chi connectivity index (χ3v) is 4.71. The van der Waals surface area contributed by atoms with Crippen LogP contribution in [-0.4, -0.2) is 47.0 Å². The van der Waals surface area contributed by atoms with E-state index in [0.29, 0.717) is 12.8 Å². The molecular formula is C15H22N6S. The number of nitriles is 2. The monoisotopic (exact) mass is 318 g/mol. The highest BCUT2D eigenvalue weighted by molar-refractivity contribution is 7.09. The van der Waals surface area contributed by atoms with Crippen molar-refractivity contribution in [2.24, 2.45) is 5.92 Å². The van der Waals surface area contributed by atoms with Gasteiger partial charge in [0, 0.05) is 50.6 Å². The molecule has 0 amide bonds. The van der Waals surface area contributed by atoms with Crippen molar-refractivity contribution < 1.29 is 0 Å². The van der Waals surface area contributed by atoms with Gasteiger partial charge < -0.3 is 9.80 Å². The minimum absolute atomic E-state index is 0.0422. The van der Waals surface area contributed by atoms with Gasteiger partial charge in [0.1, 0.15) is 5.82 Å². The zero-order valence-electron chi connectivity index (χ0n) is 13.0. The van der Waals surface area contributed by atoms with Crippen LogP contribution in [0.3, 0.4) is 0 Å². The zero-order valence-corrected chi connectivity index (χ0v) is 13.8. The third-order valence-electron chi connectivity index (χ3n) is 3.90. The van der Waals surface area contributed by atoms with Gasteiger partial charge in [0.05, 0.1) is 18.1 Å². The number of hydrogen-bond acceptors (Lipinski definition) is 7. The van der Waals surface area contributed by atoms with Gasteiger partial charge in [0.15, 0.2) is 0 Å². The molecule has 1 saturated heterocycles. The van der Waals surface area contributed by atoms with Crippen molar-refractivity contribution in [2.75, 3.05) is 37.6 Å². The molecular weight excluding hydrogens is 296 g/mol. The minimum Gasteiger partial charge on any atom is -0.346 e. The van der Waals surface area contributed by atoms with Gasteiger partial charge in [0.25, 0.3) is 0 Å². The predicted octanol–water partition coefficient (Wildman–Crippen LogP) is 2.06. The second kappa shape index (κ2) is 8.67. The molecule has 0 N–H and O–H groups in total. The van der Waals surface area contributed by atoms with Crippen molar-refractivity contribution in [1.82, 2.24) is 14.3 Å². The summed E-state index contributed by atoms with van der Waals surface area (Å²) in [4.78, 5) is 9.20. The topological polar surface area (TPSA) is 79.8 Å². The summed E-state index contributed by atoms with van der Waals surface area (Å²) in [5, 5.41) is 18.9. The Morgan fingerprint density at radius 2 is 2.14 bits per heavy atom. The van der Waals surface area contributed by atoms with E-state index in [-0.39, 0.29) is 5.92 Å². The summed E-state index contributed by atoms with van der Waals surface area (Å²) >= 11 is 1.48. The Kier molecular flexibility index (Phi) is 6.57. The average Bonchev–Trinajstić information content (AvgIpc) is 2.91. The maximum absolute atomic E-state index is 9.20. The number of anilines is 1. The van der Waals surface area contributed by atoms with E-state index < -0.39 is 0 Å². The van der Waals surface area contributed by atoms with E-state index in [1.807, 2.05) is 0 Å². The molecule has 1 aliphatic heterocycles. The highest BCUT2D eigenvalue weighted by Gasteiger charge is 2.20. The van der Waals surface area contributed by atoms with E-state index in [1.165, 1.54) is 11.5 Å². The number of aromatic nitrogens is 2. The van der Waals surface area contributed by atoms with Gasteiger partial charge in [-0.3, -0.25) is 0 Å². The summed E-state index contributed by atoms with van der Waals surface area (Å²) in [7, 11) is 0. The standard InChI is InChI=1S/C15H22N6S/c1-2-14-18-15(22-19-14)21-8-4-7-20(9-10-21)12-13(11-17)5-3-6-16/h13H,2-5,7-10,12H2,1H3. The molecule has 6 nitrogen and oxygen atoms in total. The lowest BCUT2D eigenvalue weighted by Gasteiger charge is -2.22. The van der Waals surface area contributed by atoms with Crippen LogP contribution in [-0.2, 0) is 6.42 Å². The molecule has 2 rings (SSSR count). The first-order chi connectivity index (χ1) is 10.8. The fourth-order valence-electron chi connectivity index (χ4n) is 2.61. The van der Waals surface area contributed by atoms with Crippen LogP contribution in [0.25, 0.3) is 0 Å². The molecule has 7 heteroatoms. The Balaban J connectivity index is 1.87. The van der Waals surface area contributed by atoms with Crippen LogP contribution in [0.4, 0.5) is 5.13 Å². The van der Waals surface area contributed by atoms with Gasteiger partial charge in [-0.15, -0.1) is 0 Å². The Morgan fingerprint density at radius 1 is 1.27 bits per heavy atom. The first-order valence-corrected chi connectivity index (χ1v) is 8.60. The minimum atomic E-state index is -0.0422. The summed E-state index contributed by atoms with van der Waals surface area (Å²) in [5.41, 5.74) is 0. The lowest BCUT2D eigenvalue weighted by atomic mass is 10.0. The summed E-state index contributed by atoms with van der Waals surface area (Å²) in [5.74, 6) is 0.876. The summed E-state index contributed by atoms with van der Waals surface area (Å²) < 4.78 is 4.36. The van der Waals surface area contributed by atoms with E-state index in [2.05, 4.69) is 38.2 Å². The van der Waals surface area contributed by atoms with Crippen LogP contribution < -0.4 is 4.90 Å². The lowest BCUT2D eigenvalue weighted by Crippen LogP contribution is -2.33. The maximum Gasteiger partial charge on any atom is 0.205 e. The molecule has 0 aromatic carbocycles. The molecule has 1 atom stereocenters. The molecule has 0 spiro atoms. The van der Waals surface area contributed by atoms with Crippen molar-refractivity contribution in [1.29, 1.82) is 10.5 Å². The van der Waals surface area contributed by atoms with Gasteiger partial charge in [-0.1, -0.05) is 6.92 Å². The molecule has 0 saturated carbocycles. The maximum atomic E-state index is 9.20. The Morgan fingerprint density at radius 3 is 2.82 bits per heavy atom. The van der Waals surface area contributed by atoms with Crippen LogP contribution >= 0.6 is 11.5 Å². The van der Waals surface area contributed by atoms with Crippen LogP contribution in [0, 0.1) is 28.6 Å². The normalized spacial score (nSPS) is 17.5. The van der Waals surface area contributed by atoms with Crippen molar-refractivity contribution in [3.8, 4) is 12.1 Å². The molecule has 1 fully saturated rings. The smallest absolute Gasteiger partial charge is 0.205 e. The van der Waals surface area contributed by atoms with Crippen molar-refractivity contribution in [3.05, 3.63) is 5.82 Å². The van der Waals surface area contributed by atoms with Gasteiger partial charge in [-0.2, -0.15) is 14.9 Å². The van der Waals surface area contributed by atoms with Crippen LogP contribution in [0.5, 0.6) is 0 Å². The molecule has 1 aromatic heterocycles. The van der Waals surface area contributed by atoms with Crippen LogP contribution in [0.15, 0.2) is 0 Å². The summed E-state index contributed by atoms with van der Waals surface area (Å²) in [6.07, 6.45) is 3.07. The summed E-state index contributed by atoms with van der Waals surface area (Å²) in [6, 6.07) is 4.46. The van der Waals surface area contributed by atoms with Crippen molar-refractivity contribution >= 4 is 16.7 Å². The fraction of sp³-hybridized carbons (Fsp3) is 0.733. The van der Waals surface area contributed by atoms with Gasteiger partial charge in [-0.05, 0) is 19.4 Å².